The van der Waals surface area contributed by atoms with E-state index in [1.807, 2.05) is 36.4 Å². The van der Waals surface area contributed by atoms with E-state index in [9.17, 15) is 9.59 Å². The first-order chi connectivity index (χ1) is 12.7. The van der Waals surface area contributed by atoms with Gasteiger partial charge in [0.1, 0.15) is 19.0 Å². The molecule has 3 aliphatic heterocycles. The summed E-state index contributed by atoms with van der Waals surface area (Å²) >= 11 is 2.20. The SMILES string of the molecule is O=C(OCc1ccccc1)OC1C(=C2C=C(CI)OC2)O[C@@H]2CC(=O)N12. The second-order valence-corrected chi connectivity index (χ2v) is 6.76. The summed E-state index contributed by atoms with van der Waals surface area (Å²) in [6.07, 6.45) is -0.0109. The molecule has 0 bridgehead atoms. The third-order valence-corrected chi connectivity index (χ3v) is 5.04. The molecule has 2 fully saturated rings. The zero-order chi connectivity index (χ0) is 18.1. The van der Waals surface area contributed by atoms with Crippen LogP contribution in [0.4, 0.5) is 4.79 Å². The van der Waals surface area contributed by atoms with E-state index >= 15 is 0 Å². The van der Waals surface area contributed by atoms with Crippen LogP contribution in [-0.2, 0) is 30.3 Å². The van der Waals surface area contributed by atoms with Crippen LogP contribution in [0.3, 0.4) is 0 Å². The zero-order valence-electron chi connectivity index (χ0n) is 13.7. The van der Waals surface area contributed by atoms with E-state index in [1.165, 1.54) is 4.90 Å². The molecule has 1 aromatic carbocycles. The number of allylic oxidation sites excluding steroid dienone is 1. The minimum absolute atomic E-state index is 0.0958. The van der Waals surface area contributed by atoms with Crippen molar-refractivity contribution in [3.63, 3.8) is 0 Å². The normalized spacial score (nSPS) is 26.4. The Labute approximate surface area is 163 Å². The molecule has 0 radical (unpaired) electrons. The highest BCUT2D eigenvalue weighted by Crippen LogP contribution is 2.39. The number of rotatable bonds is 4. The number of alkyl halides is 1. The summed E-state index contributed by atoms with van der Waals surface area (Å²) in [6.45, 7) is 0.430. The van der Waals surface area contributed by atoms with Crippen molar-refractivity contribution in [3.05, 3.63) is 59.1 Å². The van der Waals surface area contributed by atoms with E-state index in [4.69, 9.17) is 18.9 Å². The quantitative estimate of drug-likeness (QED) is 0.292. The van der Waals surface area contributed by atoms with Gasteiger partial charge in [0, 0.05) is 5.57 Å². The first-order valence-electron chi connectivity index (χ1n) is 8.13. The van der Waals surface area contributed by atoms with Crippen LogP contribution in [0.25, 0.3) is 0 Å². The van der Waals surface area contributed by atoms with Gasteiger partial charge in [-0.1, -0.05) is 52.9 Å². The van der Waals surface area contributed by atoms with Crippen LogP contribution in [0.1, 0.15) is 12.0 Å². The molecule has 0 aliphatic carbocycles. The minimum Gasteiger partial charge on any atom is -0.492 e. The number of amides is 1. The molecule has 136 valence electrons. The summed E-state index contributed by atoms with van der Waals surface area (Å²) in [5, 5.41) is 0. The molecule has 0 aromatic heterocycles. The van der Waals surface area contributed by atoms with Crippen molar-refractivity contribution >= 4 is 34.7 Å². The molecule has 4 rings (SSSR count). The molecule has 26 heavy (non-hydrogen) atoms. The lowest BCUT2D eigenvalue weighted by Crippen LogP contribution is -2.53. The third kappa shape index (κ3) is 3.25. The summed E-state index contributed by atoms with van der Waals surface area (Å²) in [7, 11) is 0. The molecule has 0 N–H and O–H groups in total. The molecule has 7 nitrogen and oxygen atoms in total. The van der Waals surface area contributed by atoms with Crippen molar-refractivity contribution < 1.29 is 28.5 Å². The van der Waals surface area contributed by atoms with Crippen molar-refractivity contribution in [2.75, 3.05) is 11.0 Å². The average molecular weight is 469 g/mol. The predicted molar refractivity (Wildman–Crippen MR) is 97.8 cm³/mol. The largest absolute Gasteiger partial charge is 0.510 e. The topological polar surface area (TPSA) is 74.3 Å². The second-order valence-electron chi connectivity index (χ2n) is 5.99. The third-order valence-electron chi connectivity index (χ3n) is 4.29. The van der Waals surface area contributed by atoms with Crippen molar-refractivity contribution in [1.82, 2.24) is 4.90 Å². The van der Waals surface area contributed by atoms with Gasteiger partial charge in [-0.25, -0.2) is 4.79 Å². The zero-order valence-corrected chi connectivity index (χ0v) is 15.9. The number of nitrogens with zero attached hydrogens (tertiary/aromatic N) is 1. The van der Waals surface area contributed by atoms with Gasteiger partial charge in [0.2, 0.25) is 12.1 Å². The van der Waals surface area contributed by atoms with E-state index in [-0.39, 0.29) is 18.9 Å². The predicted octanol–water partition coefficient (Wildman–Crippen LogP) is 2.86. The smallest absolute Gasteiger partial charge is 0.492 e. The molecule has 1 unspecified atom stereocenters. The maximum atomic E-state index is 12.1. The van der Waals surface area contributed by atoms with Crippen molar-refractivity contribution in [3.8, 4) is 0 Å². The lowest BCUT2D eigenvalue weighted by atomic mass is 10.1. The average Bonchev–Trinajstić information content (AvgIpc) is 3.22. The van der Waals surface area contributed by atoms with Gasteiger partial charge in [0.15, 0.2) is 12.0 Å². The molecule has 3 aliphatic rings. The van der Waals surface area contributed by atoms with Crippen molar-refractivity contribution in [2.24, 2.45) is 0 Å². The monoisotopic (exact) mass is 469 g/mol. The van der Waals surface area contributed by atoms with Crippen LogP contribution in [0.5, 0.6) is 0 Å². The molecule has 8 heteroatoms. The van der Waals surface area contributed by atoms with Gasteiger partial charge < -0.3 is 18.9 Å². The molecule has 0 spiro atoms. The van der Waals surface area contributed by atoms with Gasteiger partial charge in [0.25, 0.3) is 0 Å². The Morgan fingerprint density at radius 2 is 2.12 bits per heavy atom. The number of benzene rings is 1. The first-order valence-corrected chi connectivity index (χ1v) is 9.66. The van der Waals surface area contributed by atoms with Gasteiger partial charge >= 0.3 is 6.16 Å². The lowest BCUT2D eigenvalue weighted by Gasteiger charge is -2.33. The first kappa shape index (κ1) is 17.2. The fraction of sp³-hybridized carbons (Fsp3) is 0.333. The molecule has 2 saturated heterocycles. The van der Waals surface area contributed by atoms with E-state index < -0.39 is 18.6 Å². The van der Waals surface area contributed by atoms with E-state index in [2.05, 4.69) is 22.6 Å². The maximum absolute atomic E-state index is 12.1. The highest BCUT2D eigenvalue weighted by atomic mass is 127. The summed E-state index contributed by atoms with van der Waals surface area (Å²) in [5.74, 6) is 1.14. The molecule has 1 aromatic rings. The highest BCUT2D eigenvalue weighted by molar-refractivity contribution is 14.1. The molecule has 2 atom stereocenters. The molecular formula is C18H16INO6. The molecule has 1 amide bonds. The summed E-state index contributed by atoms with van der Waals surface area (Å²) < 4.78 is 22.6. The van der Waals surface area contributed by atoms with Gasteiger partial charge in [0.05, 0.1) is 10.8 Å². The highest BCUT2D eigenvalue weighted by Gasteiger charge is 2.54. The molecule has 0 saturated carbocycles. The summed E-state index contributed by atoms with van der Waals surface area (Å²) in [5.41, 5.74) is 1.63. The number of hydrogen-bond acceptors (Lipinski definition) is 6. The van der Waals surface area contributed by atoms with Gasteiger partial charge in [-0.2, -0.15) is 0 Å². The molecule has 3 heterocycles. The van der Waals surface area contributed by atoms with Crippen LogP contribution in [0, 0.1) is 0 Å². The Morgan fingerprint density at radius 3 is 2.81 bits per heavy atom. The van der Waals surface area contributed by atoms with Gasteiger partial charge in [-0.15, -0.1) is 0 Å². The number of ether oxygens (including phenoxy) is 4. The summed E-state index contributed by atoms with van der Waals surface area (Å²) in [6, 6.07) is 9.30. The van der Waals surface area contributed by atoms with Crippen LogP contribution < -0.4 is 0 Å². The fourth-order valence-corrected chi connectivity index (χ4v) is 3.41. The maximum Gasteiger partial charge on any atom is 0.510 e. The van der Waals surface area contributed by atoms with E-state index in [1.54, 1.807) is 0 Å². The Kier molecular flexibility index (Phi) is 4.75. The lowest BCUT2D eigenvalue weighted by molar-refractivity contribution is -0.165. The Hall–Kier alpha value is -2.23. The van der Waals surface area contributed by atoms with Crippen molar-refractivity contribution in [2.45, 2.75) is 25.5 Å². The van der Waals surface area contributed by atoms with Crippen LogP contribution >= 0.6 is 22.6 Å². The number of halogens is 1. The number of hydrogen-bond donors (Lipinski definition) is 0. The van der Waals surface area contributed by atoms with Crippen LogP contribution in [0.15, 0.2) is 53.5 Å². The minimum atomic E-state index is -0.909. The fourth-order valence-electron chi connectivity index (χ4n) is 2.97. The van der Waals surface area contributed by atoms with E-state index in [0.717, 1.165) is 21.3 Å². The Morgan fingerprint density at radius 1 is 1.31 bits per heavy atom. The number of carbonyl (C=O) groups excluding carboxylic acids is 2. The van der Waals surface area contributed by atoms with Crippen LogP contribution in [-0.4, -0.2) is 40.5 Å². The number of fused-ring (bicyclic) bond motifs is 1. The van der Waals surface area contributed by atoms with Crippen LogP contribution in [0.2, 0.25) is 0 Å². The molecular weight excluding hydrogens is 453 g/mol. The number of β-lactam (4-membered cyclic amide) rings is 1. The van der Waals surface area contributed by atoms with Gasteiger partial charge in [-0.05, 0) is 11.6 Å². The number of carbonyl (C=O) groups is 2. The van der Waals surface area contributed by atoms with Gasteiger partial charge in [-0.3, -0.25) is 9.69 Å². The Balaban J connectivity index is 1.47. The second kappa shape index (κ2) is 7.18. The van der Waals surface area contributed by atoms with E-state index in [0.29, 0.717) is 12.4 Å². The standard InChI is InChI=1S/C18H16INO6/c19-8-13-6-12(10-23-13)16-17(20-14(21)7-15(20)25-16)26-18(22)24-9-11-4-2-1-3-5-11/h1-6,15,17H,7-10H2/t15-,17?/m1/s1. The Bertz CT molecular complexity index is 790. The van der Waals surface area contributed by atoms with Crippen molar-refractivity contribution in [1.29, 1.82) is 0 Å². The summed E-state index contributed by atoms with van der Waals surface area (Å²) in [4.78, 5) is 25.5.